The molecule has 0 aliphatic carbocycles. The molecule has 0 aliphatic rings. The van der Waals surface area contributed by atoms with Crippen molar-refractivity contribution in [1.29, 1.82) is 0 Å². The first-order valence-corrected chi connectivity index (χ1v) is 5.73. The second kappa shape index (κ2) is 4.29. The molecule has 13 heavy (non-hydrogen) atoms. The van der Waals surface area contributed by atoms with Gasteiger partial charge < -0.3 is 5.32 Å². The lowest BCUT2D eigenvalue weighted by Gasteiger charge is -2.32. The molecule has 1 aromatic heterocycles. The van der Waals surface area contributed by atoms with Crippen molar-refractivity contribution in [3.63, 3.8) is 0 Å². The van der Waals surface area contributed by atoms with Crippen LogP contribution < -0.4 is 5.32 Å². The van der Waals surface area contributed by atoms with E-state index < -0.39 is 0 Å². The third-order valence-corrected chi connectivity index (χ3v) is 3.62. The number of halogens is 1. The lowest BCUT2D eigenvalue weighted by molar-refractivity contribution is 0.412. The molecule has 74 valence electrons. The van der Waals surface area contributed by atoms with Gasteiger partial charge in [-0.25, -0.2) is 4.98 Å². The monoisotopic (exact) mass is 218 g/mol. The summed E-state index contributed by atoms with van der Waals surface area (Å²) < 4.78 is 0. The molecule has 1 rings (SSSR count). The summed E-state index contributed by atoms with van der Waals surface area (Å²) in [6, 6.07) is 0. The largest absolute Gasteiger partial charge is 0.355 e. The van der Waals surface area contributed by atoms with Crippen molar-refractivity contribution in [2.75, 3.05) is 11.2 Å². The number of alkyl halides is 1. The number of nitrogens with zero attached hydrogens (tertiary/aromatic N) is 1. The molecular formula is C9H15ClN2S. The van der Waals surface area contributed by atoms with Crippen LogP contribution in [0, 0.1) is 5.92 Å². The molecular weight excluding hydrogens is 204 g/mol. The van der Waals surface area contributed by atoms with Crippen LogP contribution >= 0.6 is 22.9 Å². The van der Waals surface area contributed by atoms with E-state index in [1.165, 1.54) is 0 Å². The Kier molecular flexibility index (Phi) is 3.56. The van der Waals surface area contributed by atoms with Crippen molar-refractivity contribution in [2.45, 2.75) is 26.3 Å². The van der Waals surface area contributed by atoms with E-state index in [0.29, 0.717) is 11.8 Å². The van der Waals surface area contributed by atoms with E-state index in [1.807, 2.05) is 5.38 Å². The molecule has 2 nitrogen and oxygen atoms in total. The van der Waals surface area contributed by atoms with E-state index in [9.17, 15) is 0 Å². The van der Waals surface area contributed by atoms with Gasteiger partial charge in [0, 0.05) is 17.5 Å². The van der Waals surface area contributed by atoms with Crippen LogP contribution in [0.25, 0.3) is 0 Å². The quantitative estimate of drug-likeness (QED) is 0.786. The van der Waals surface area contributed by atoms with Crippen LogP contribution in [-0.4, -0.2) is 16.4 Å². The van der Waals surface area contributed by atoms with E-state index in [4.69, 9.17) is 11.6 Å². The Balaban J connectivity index is 2.69. The van der Waals surface area contributed by atoms with Gasteiger partial charge in [-0.05, 0) is 12.8 Å². The molecule has 1 aromatic rings. The second-order valence-corrected chi connectivity index (χ2v) is 4.83. The Hall–Kier alpha value is -0.280. The smallest absolute Gasteiger partial charge is 0.183 e. The van der Waals surface area contributed by atoms with Crippen molar-refractivity contribution < 1.29 is 0 Å². The first-order chi connectivity index (χ1) is 6.08. The Labute approximate surface area is 88.3 Å². The van der Waals surface area contributed by atoms with Gasteiger partial charge in [0.25, 0.3) is 0 Å². The first-order valence-electron chi connectivity index (χ1n) is 4.32. The Morgan fingerprint density at radius 3 is 2.77 bits per heavy atom. The number of aromatic nitrogens is 1. The average Bonchev–Trinajstić information content (AvgIpc) is 2.56. The van der Waals surface area contributed by atoms with Crippen LogP contribution in [0.2, 0.25) is 0 Å². The van der Waals surface area contributed by atoms with E-state index in [0.717, 1.165) is 5.13 Å². The number of nitrogens with one attached hydrogen (secondary N) is 1. The van der Waals surface area contributed by atoms with Crippen molar-refractivity contribution >= 4 is 28.1 Å². The van der Waals surface area contributed by atoms with Crippen molar-refractivity contribution in [3.05, 3.63) is 11.6 Å². The predicted molar refractivity (Wildman–Crippen MR) is 59.7 cm³/mol. The van der Waals surface area contributed by atoms with Gasteiger partial charge in [0.2, 0.25) is 0 Å². The SMILES string of the molecule is CC(C)C(C)(CCl)Nc1nccs1. The minimum atomic E-state index is -0.0700. The standard InChI is InChI=1S/C9H15ClN2S/c1-7(2)9(3,6-10)12-8-11-4-5-13-8/h4-5,7H,6H2,1-3H3,(H,11,12). The Morgan fingerprint density at radius 1 is 1.69 bits per heavy atom. The fourth-order valence-corrected chi connectivity index (χ4v) is 1.90. The van der Waals surface area contributed by atoms with Crippen molar-refractivity contribution in [2.24, 2.45) is 5.92 Å². The van der Waals surface area contributed by atoms with E-state index in [-0.39, 0.29) is 5.54 Å². The number of anilines is 1. The van der Waals surface area contributed by atoms with Crippen LogP contribution in [0.3, 0.4) is 0 Å². The summed E-state index contributed by atoms with van der Waals surface area (Å²) in [6.07, 6.45) is 1.79. The summed E-state index contributed by atoms with van der Waals surface area (Å²) >= 11 is 7.54. The summed E-state index contributed by atoms with van der Waals surface area (Å²) in [7, 11) is 0. The number of thiazole rings is 1. The second-order valence-electron chi connectivity index (χ2n) is 3.67. The minimum Gasteiger partial charge on any atom is -0.355 e. The summed E-state index contributed by atoms with van der Waals surface area (Å²) in [5.74, 6) is 1.07. The first kappa shape index (κ1) is 10.8. The van der Waals surface area contributed by atoms with Gasteiger partial charge in [-0.2, -0.15) is 0 Å². The fraction of sp³-hybridized carbons (Fsp3) is 0.667. The van der Waals surface area contributed by atoms with Gasteiger partial charge >= 0.3 is 0 Å². The van der Waals surface area contributed by atoms with Crippen LogP contribution in [0.15, 0.2) is 11.6 Å². The van der Waals surface area contributed by atoms with Crippen LogP contribution in [-0.2, 0) is 0 Å². The van der Waals surface area contributed by atoms with Gasteiger partial charge in [-0.15, -0.1) is 22.9 Å². The van der Waals surface area contributed by atoms with Gasteiger partial charge in [-0.3, -0.25) is 0 Å². The molecule has 0 aliphatic heterocycles. The molecule has 1 atom stereocenters. The zero-order chi connectivity index (χ0) is 9.90. The van der Waals surface area contributed by atoms with Crippen molar-refractivity contribution in [3.8, 4) is 0 Å². The Morgan fingerprint density at radius 2 is 2.38 bits per heavy atom. The molecule has 0 radical (unpaired) electrons. The third-order valence-electron chi connectivity index (χ3n) is 2.38. The number of hydrogen-bond donors (Lipinski definition) is 1. The van der Waals surface area contributed by atoms with Gasteiger partial charge in [-0.1, -0.05) is 13.8 Å². The molecule has 1 unspecified atom stereocenters. The summed E-state index contributed by atoms with van der Waals surface area (Å²) in [4.78, 5) is 4.18. The molecule has 0 bridgehead atoms. The summed E-state index contributed by atoms with van der Waals surface area (Å²) in [5, 5.41) is 6.26. The van der Waals surface area contributed by atoms with Crippen LogP contribution in [0.5, 0.6) is 0 Å². The maximum absolute atomic E-state index is 5.94. The molecule has 0 spiro atoms. The maximum Gasteiger partial charge on any atom is 0.183 e. The Bertz CT molecular complexity index is 248. The third kappa shape index (κ3) is 2.58. The highest BCUT2D eigenvalue weighted by molar-refractivity contribution is 7.13. The van der Waals surface area contributed by atoms with Gasteiger partial charge in [0.1, 0.15) is 0 Å². The predicted octanol–water partition coefficient (Wildman–Crippen LogP) is 3.21. The van der Waals surface area contributed by atoms with Gasteiger partial charge in [0.15, 0.2) is 5.13 Å². The summed E-state index contributed by atoms with van der Waals surface area (Å²) in [5.41, 5.74) is -0.0700. The van der Waals surface area contributed by atoms with E-state index in [1.54, 1.807) is 17.5 Å². The highest BCUT2D eigenvalue weighted by atomic mass is 35.5. The molecule has 0 fully saturated rings. The fourth-order valence-electron chi connectivity index (χ4n) is 0.862. The lowest BCUT2D eigenvalue weighted by atomic mass is 9.91. The van der Waals surface area contributed by atoms with Crippen LogP contribution in [0.1, 0.15) is 20.8 Å². The molecule has 4 heteroatoms. The zero-order valence-corrected chi connectivity index (χ0v) is 9.75. The van der Waals surface area contributed by atoms with Crippen LogP contribution in [0.4, 0.5) is 5.13 Å². The molecule has 1 N–H and O–H groups in total. The average molecular weight is 219 g/mol. The highest BCUT2D eigenvalue weighted by Gasteiger charge is 2.27. The number of rotatable bonds is 4. The van der Waals surface area contributed by atoms with E-state index >= 15 is 0 Å². The molecule has 0 aromatic carbocycles. The molecule has 0 amide bonds. The number of hydrogen-bond acceptors (Lipinski definition) is 3. The lowest BCUT2D eigenvalue weighted by Crippen LogP contribution is -2.42. The van der Waals surface area contributed by atoms with Gasteiger partial charge in [0.05, 0.1) is 5.54 Å². The maximum atomic E-state index is 5.94. The summed E-state index contributed by atoms with van der Waals surface area (Å²) in [6.45, 7) is 6.43. The van der Waals surface area contributed by atoms with Crippen molar-refractivity contribution in [1.82, 2.24) is 4.98 Å². The topological polar surface area (TPSA) is 24.9 Å². The van der Waals surface area contributed by atoms with E-state index in [2.05, 4.69) is 31.1 Å². The molecule has 0 saturated carbocycles. The molecule has 1 heterocycles. The minimum absolute atomic E-state index is 0.0700. The highest BCUT2D eigenvalue weighted by Crippen LogP contribution is 2.25. The molecule has 0 saturated heterocycles. The zero-order valence-electron chi connectivity index (χ0n) is 8.17. The normalized spacial score (nSPS) is 15.8.